The Morgan fingerprint density at radius 1 is 1.38 bits per heavy atom. The van der Waals surface area contributed by atoms with Gasteiger partial charge >= 0.3 is 5.97 Å². The second-order valence-corrected chi connectivity index (χ2v) is 5.67. The van der Waals surface area contributed by atoms with Gasteiger partial charge in [-0.05, 0) is 43.9 Å². The van der Waals surface area contributed by atoms with Gasteiger partial charge in [-0.3, -0.25) is 4.79 Å². The topological polar surface area (TPSA) is 75.6 Å². The van der Waals surface area contributed by atoms with Crippen LogP contribution in [0.2, 0.25) is 0 Å². The van der Waals surface area contributed by atoms with Gasteiger partial charge in [-0.15, -0.1) is 0 Å². The standard InChI is InChI=1S/C16H21NO4/c1-11-4-5-12(14(18)19)10-13(11)17-15(20)16(6-3-7-16)8-9-21-2/h4-5,10H,3,6-9H2,1-2H3,(H,17,20)(H,18,19). The monoisotopic (exact) mass is 291 g/mol. The molecule has 5 nitrogen and oxygen atoms in total. The van der Waals surface area contributed by atoms with Gasteiger partial charge in [0.15, 0.2) is 0 Å². The summed E-state index contributed by atoms with van der Waals surface area (Å²) in [5.74, 6) is -1.03. The summed E-state index contributed by atoms with van der Waals surface area (Å²) in [5.41, 5.74) is 1.25. The van der Waals surface area contributed by atoms with Crippen LogP contribution in [0, 0.1) is 12.3 Å². The maximum Gasteiger partial charge on any atom is 0.335 e. The van der Waals surface area contributed by atoms with Gasteiger partial charge in [0.1, 0.15) is 0 Å². The third-order valence-corrected chi connectivity index (χ3v) is 4.31. The first-order valence-electron chi connectivity index (χ1n) is 7.13. The normalized spacial score (nSPS) is 16.1. The molecule has 1 aromatic rings. The molecule has 1 fully saturated rings. The number of aromatic carboxylic acids is 1. The van der Waals surface area contributed by atoms with Crippen molar-refractivity contribution in [1.82, 2.24) is 0 Å². The van der Waals surface area contributed by atoms with Crippen molar-refractivity contribution >= 4 is 17.6 Å². The average molecular weight is 291 g/mol. The van der Waals surface area contributed by atoms with Crippen molar-refractivity contribution in [1.29, 1.82) is 0 Å². The van der Waals surface area contributed by atoms with Crippen molar-refractivity contribution in [2.45, 2.75) is 32.6 Å². The first kappa shape index (κ1) is 15.5. The predicted molar refractivity (Wildman–Crippen MR) is 79.5 cm³/mol. The molecular weight excluding hydrogens is 270 g/mol. The van der Waals surface area contributed by atoms with Crippen LogP contribution >= 0.6 is 0 Å². The smallest absolute Gasteiger partial charge is 0.335 e. The number of hydrogen-bond donors (Lipinski definition) is 2. The molecule has 0 aliphatic heterocycles. The van der Waals surface area contributed by atoms with Gasteiger partial charge in [-0.2, -0.15) is 0 Å². The third kappa shape index (κ3) is 3.24. The van der Waals surface area contributed by atoms with Gasteiger partial charge in [-0.1, -0.05) is 12.5 Å². The number of methoxy groups -OCH3 is 1. The minimum atomic E-state index is -0.997. The van der Waals surface area contributed by atoms with Crippen molar-refractivity contribution in [2.24, 2.45) is 5.41 Å². The molecule has 2 rings (SSSR count). The molecule has 5 heteroatoms. The molecule has 21 heavy (non-hydrogen) atoms. The van der Waals surface area contributed by atoms with E-state index >= 15 is 0 Å². The second kappa shape index (κ2) is 6.26. The summed E-state index contributed by atoms with van der Waals surface area (Å²) in [6, 6.07) is 4.76. The lowest BCUT2D eigenvalue weighted by Gasteiger charge is -2.40. The number of carboxylic acid groups (broad SMARTS) is 1. The molecule has 1 aromatic carbocycles. The van der Waals surface area contributed by atoms with Gasteiger partial charge in [0.05, 0.1) is 11.0 Å². The molecule has 0 heterocycles. The number of amides is 1. The first-order chi connectivity index (χ1) is 9.98. The Labute approximate surface area is 124 Å². The lowest BCUT2D eigenvalue weighted by molar-refractivity contribution is -0.131. The Balaban J connectivity index is 2.15. The molecule has 0 radical (unpaired) electrons. The SMILES string of the molecule is COCCC1(C(=O)Nc2cc(C(=O)O)ccc2C)CCC1. The van der Waals surface area contributed by atoms with Crippen LogP contribution in [0.1, 0.15) is 41.6 Å². The van der Waals surface area contributed by atoms with Gasteiger partial charge in [-0.25, -0.2) is 4.79 Å². The van der Waals surface area contributed by atoms with Crippen LogP contribution in [0.25, 0.3) is 0 Å². The molecule has 1 amide bonds. The van der Waals surface area contributed by atoms with E-state index in [0.29, 0.717) is 18.7 Å². The zero-order chi connectivity index (χ0) is 15.5. The molecule has 0 spiro atoms. The van der Waals surface area contributed by atoms with Crippen LogP contribution in [0.15, 0.2) is 18.2 Å². The highest BCUT2D eigenvalue weighted by molar-refractivity contribution is 5.98. The number of nitrogens with one attached hydrogen (secondary N) is 1. The summed E-state index contributed by atoms with van der Waals surface area (Å²) in [4.78, 5) is 23.6. The zero-order valence-corrected chi connectivity index (χ0v) is 12.4. The Morgan fingerprint density at radius 2 is 2.10 bits per heavy atom. The molecule has 2 N–H and O–H groups in total. The number of rotatable bonds is 6. The van der Waals surface area contributed by atoms with Crippen LogP contribution in [-0.4, -0.2) is 30.7 Å². The molecular formula is C16H21NO4. The molecule has 0 saturated heterocycles. The van der Waals surface area contributed by atoms with Crippen LogP contribution in [-0.2, 0) is 9.53 Å². The Kier molecular flexibility index (Phi) is 4.63. The Bertz CT molecular complexity index is 549. The second-order valence-electron chi connectivity index (χ2n) is 5.67. The number of anilines is 1. The van der Waals surface area contributed by atoms with Gasteiger partial charge in [0.25, 0.3) is 0 Å². The van der Waals surface area contributed by atoms with E-state index < -0.39 is 5.97 Å². The maximum atomic E-state index is 12.5. The summed E-state index contributed by atoms with van der Waals surface area (Å²) >= 11 is 0. The molecule has 1 aliphatic carbocycles. The fourth-order valence-corrected chi connectivity index (χ4v) is 2.64. The molecule has 1 saturated carbocycles. The number of carboxylic acids is 1. The Morgan fingerprint density at radius 3 is 2.62 bits per heavy atom. The first-order valence-corrected chi connectivity index (χ1v) is 7.13. The number of carbonyl (C=O) groups is 2. The van der Waals surface area contributed by atoms with Crippen LogP contribution < -0.4 is 5.32 Å². The van der Waals surface area contributed by atoms with E-state index in [4.69, 9.17) is 9.84 Å². The highest BCUT2D eigenvalue weighted by Crippen LogP contribution is 2.45. The highest BCUT2D eigenvalue weighted by Gasteiger charge is 2.43. The minimum Gasteiger partial charge on any atom is -0.478 e. The van der Waals surface area contributed by atoms with Crippen molar-refractivity contribution < 1.29 is 19.4 Å². The van der Waals surface area contributed by atoms with E-state index in [9.17, 15) is 9.59 Å². The Hall–Kier alpha value is -1.88. The van der Waals surface area contributed by atoms with E-state index in [1.807, 2.05) is 6.92 Å². The quantitative estimate of drug-likeness (QED) is 0.845. The highest BCUT2D eigenvalue weighted by atomic mass is 16.5. The van der Waals surface area contributed by atoms with E-state index in [1.54, 1.807) is 13.2 Å². The van der Waals surface area contributed by atoms with Crippen molar-refractivity contribution in [2.75, 3.05) is 19.0 Å². The van der Waals surface area contributed by atoms with Crippen molar-refractivity contribution in [3.05, 3.63) is 29.3 Å². The number of hydrogen-bond acceptors (Lipinski definition) is 3. The number of carbonyl (C=O) groups excluding carboxylic acids is 1. The van der Waals surface area contributed by atoms with Crippen molar-refractivity contribution in [3.8, 4) is 0 Å². The van der Waals surface area contributed by atoms with Crippen LogP contribution in [0.4, 0.5) is 5.69 Å². The summed E-state index contributed by atoms with van der Waals surface area (Å²) in [5, 5.41) is 11.9. The summed E-state index contributed by atoms with van der Waals surface area (Å²) in [6.45, 7) is 2.41. The van der Waals surface area contributed by atoms with Crippen LogP contribution in [0.3, 0.4) is 0 Å². The van der Waals surface area contributed by atoms with Gasteiger partial charge in [0.2, 0.25) is 5.91 Å². The summed E-state index contributed by atoms with van der Waals surface area (Å²) < 4.78 is 5.09. The minimum absolute atomic E-state index is 0.0311. The molecule has 0 atom stereocenters. The maximum absolute atomic E-state index is 12.5. The van der Waals surface area contributed by atoms with E-state index in [1.165, 1.54) is 12.1 Å². The average Bonchev–Trinajstić information content (AvgIpc) is 2.40. The zero-order valence-electron chi connectivity index (χ0n) is 12.4. The summed E-state index contributed by atoms with van der Waals surface area (Å²) in [7, 11) is 1.63. The predicted octanol–water partition coefficient (Wildman–Crippen LogP) is 2.84. The van der Waals surface area contributed by atoms with E-state index in [0.717, 1.165) is 24.8 Å². The molecule has 0 unspecified atom stereocenters. The lowest BCUT2D eigenvalue weighted by Crippen LogP contribution is -2.42. The van der Waals surface area contributed by atoms with E-state index in [2.05, 4.69) is 5.32 Å². The van der Waals surface area contributed by atoms with Crippen molar-refractivity contribution in [3.63, 3.8) is 0 Å². The largest absolute Gasteiger partial charge is 0.478 e. The number of benzene rings is 1. The van der Waals surface area contributed by atoms with Gasteiger partial charge < -0.3 is 15.2 Å². The molecule has 1 aliphatic rings. The molecule has 0 bridgehead atoms. The number of ether oxygens (including phenoxy) is 1. The van der Waals surface area contributed by atoms with E-state index in [-0.39, 0.29) is 16.9 Å². The lowest BCUT2D eigenvalue weighted by atomic mass is 9.66. The molecule has 114 valence electrons. The number of aryl methyl sites for hydroxylation is 1. The summed E-state index contributed by atoms with van der Waals surface area (Å²) in [6.07, 6.45) is 3.47. The third-order valence-electron chi connectivity index (χ3n) is 4.31. The molecule has 0 aromatic heterocycles. The fourth-order valence-electron chi connectivity index (χ4n) is 2.64. The van der Waals surface area contributed by atoms with Gasteiger partial charge in [0, 0.05) is 19.4 Å². The fraction of sp³-hybridized carbons (Fsp3) is 0.500. The van der Waals surface area contributed by atoms with Crippen LogP contribution in [0.5, 0.6) is 0 Å².